The first-order valence-corrected chi connectivity index (χ1v) is 9.72. The summed E-state index contributed by atoms with van der Waals surface area (Å²) < 4.78 is 5.54. The molecule has 4 rings (SSSR count). The lowest BCUT2D eigenvalue weighted by Crippen LogP contribution is -2.47. The van der Waals surface area contributed by atoms with Crippen LogP contribution in [0.2, 0.25) is 0 Å². The fraction of sp³-hybridized carbons (Fsp3) is 0.789. The van der Waals surface area contributed by atoms with E-state index < -0.39 is 0 Å². The maximum atomic E-state index is 5.54. The predicted molar refractivity (Wildman–Crippen MR) is 95.6 cm³/mol. The lowest BCUT2D eigenvalue weighted by molar-refractivity contribution is 0.141. The Labute approximate surface area is 145 Å². The minimum atomic E-state index is 0.455. The first-order chi connectivity index (χ1) is 11.8. The molecular formula is C19H30N4O. The highest BCUT2D eigenvalue weighted by Gasteiger charge is 2.27. The minimum Gasteiger partial charge on any atom is -0.381 e. The maximum Gasteiger partial charge on any atom is 0.132 e. The van der Waals surface area contributed by atoms with Crippen molar-refractivity contribution in [3.8, 4) is 0 Å². The second kappa shape index (κ2) is 7.36. The standard InChI is InChI=1S/C19H30N4O/c1-15-20-18(16-7-12-24-14-16)13-19(21-15)23-10-5-17(6-11-23)22-8-3-2-4-9-22/h13,16-17H,2-12,14H2,1H3. The van der Waals surface area contributed by atoms with Gasteiger partial charge in [-0.25, -0.2) is 9.97 Å². The largest absolute Gasteiger partial charge is 0.381 e. The van der Waals surface area contributed by atoms with Crippen LogP contribution < -0.4 is 4.90 Å². The van der Waals surface area contributed by atoms with Crippen molar-refractivity contribution in [3.05, 3.63) is 17.6 Å². The Kier molecular flexibility index (Phi) is 4.99. The highest BCUT2D eigenvalue weighted by molar-refractivity contribution is 5.41. The van der Waals surface area contributed by atoms with Crippen molar-refractivity contribution in [2.24, 2.45) is 0 Å². The van der Waals surface area contributed by atoms with Gasteiger partial charge < -0.3 is 14.5 Å². The third-order valence-electron chi connectivity index (χ3n) is 5.89. The van der Waals surface area contributed by atoms with Crippen molar-refractivity contribution in [2.45, 2.75) is 57.4 Å². The zero-order valence-corrected chi connectivity index (χ0v) is 14.9. The van der Waals surface area contributed by atoms with Crippen LogP contribution in [0, 0.1) is 6.92 Å². The molecule has 4 heterocycles. The van der Waals surface area contributed by atoms with E-state index in [4.69, 9.17) is 9.72 Å². The number of nitrogens with zero attached hydrogens (tertiary/aromatic N) is 4. The number of piperidine rings is 2. The lowest BCUT2D eigenvalue weighted by atomic mass is 9.99. The highest BCUT2D eigenvalue weighted by Crippen LogP contribution is 2.28. The van der Waals surface area contributed by atoms with Crippen molar-refractivity contribution in [2.75, 3.05) is 44.3 Å². The second-order valence-corrected chi connectivity index (χ2v) is 7.57. The van der Waals surface area contributed by atoms with Crippen molar-refractivity contribution < 1.29 is 4.74 Å². The van der Waals surface area contributed by atoms with Gasteiger partial charge in [-0.05, 0) is 52.1 Å². The first-order valence-electron chi connectivity index (χ1n) is 9.72. The third kappa shape index (κ3) is 3.57. The third-order valence-corrected chi connectivity index (χ3v) is 5.89. The molecule has 3 aliphatic heterocycles. The van der Waals surface area contributed by atoms with Crippen LogP contribution in [0.25, 0.3) is 0 Å². The molecule has 5 nitrogen and oxygen atoms in total. The summed E-state index contributed by atoms with van der Waals surface area (Å²) in [5, 5.41) is 0. The van der Waals surface area contributed by atoms with Gasteiger partial charge in [0.15, 0.2) is 0 Å². The van der Waals surface area contributed by atoms with Gasteiger partial charge in [-0.2, -0.15) is 0 Å². The van der Waals surface area contributed by atoms with E-state index >= 15 is 0 Å². The Hall–Kier alpha value is -1.20. The smallest absolute Gasteiger partial charge is 0.132 e. The summed E-state index contributed by atoms with van der Waals surface area (Å²) in [6.07, 6.45) is 7.82. The molecule has 1 unspecified atom stereocenters. The van der Waals surface area contributed by atoms with Gasteiger partial charge in [0.2, 0.25) is 0 Å². The fourth-order valence-corrected chi connectivity index (χ4v) is 4.46. The Balaban J connectivity index is 1.41. The minimum absolute atomic E-state index is 0.455. The van der Waals surface area contributed by atoms with E-state index in [1.54, 1.807) is 0 Å². The van der Waals surface area contributed by atoms with E-state index in [1.165, 1.54) is 50.9 Å². The highest BCUT2D eigenvalue weighted by atomic mass is 16.5. The maximum absolute atomic E-state index is 5.54. The number of ether oxygens (including phenoxy) is 1. The number of aromatic nitrogens is 2. The van der Waals surface area contributed by atoms with Gasteiger partial charge >= 0.3 is 0 Å². The van der Waals surface area contributed by atoms with Crippen LogP contribution in [0.3, 0.4) is 0 Å². The molecule has 0 bridgehead atoms. The van der Waals surface area contributed by atoms with Gasteiger partial charge in [-0.15, -0.1) is 0 Å². The number of hydrogen-bond donors (Lipinski definition) is 0. The van der Waals surface area contributed by atoms with E-state index in [9.17, 15) is 0 Å². The number of anilines is 1. The number of aryl methyl sites for hydroxylation is 1. The average Bonchev–Trinajstić information content (AvgIpc) is 3.17. The summed E-state index contributed by atoms with van der Waals surface area (Å²) in [7, 11) is 0. The summed E-state index contributed by atoms with van der Waals surface area (Å²) in [6, 6.07) is 3.00. The quantitative estimate of drug-likeness (QED) is 0.852. The second-order valence-electron chi connectivity index (χ2n) is 7.57. The molecule has 132 valence electrons. The molecule has 1 aromatic heterocycles. The molecule has 3 saturated heterocycles. The summed E-state index contributed by atoms with van der Waals surface area (Å²) in [4.78, 5) is 14.6. The zero-order valence-electron chi connectivity index (χ0n) is 14.9. The lowest BCUT2D eigenvalue weighted by Gasteiger charge is -2.40. The fourth-order valence-electron chi connectivity index (χ4n) is 4.46. The van der Waals surface area contributed by atoms with Crippen molar-refractivity contribution in [1.82, 2.24) is 14.9 Å². The number of rotatable bonds is 3. The Morgan fingerprint density at radius 2 is 1.79 bits per heavy atom. The molecule has 1 atom stereocenters. The van der Waals surface area contributed by atoms with E-state index in [-0.39, 0.29) is 0 Å². The van der Waals surface area contributed by atoms with Crippen LogP contribution in [0.15, 0.2) is 6.07 Å². The Morgan fingerprint density at radius 1 is 1.00 bits per heavy atom. The van der Waals surface area contributed by atoms with Crippen LogP contribution in [-0.4, -0.2) is 60.3 Å². The van der Waals surface area contributed by atoms with Gasteiger partial charge in [-0.1, -0.05) is 6.42 Å². The molecule has 0 amide bonds. The van der Waals surface area contributed by atoms with Crippen LogP contribution in [0.4, 0.5) is 5.82 Å². The normalized spacial score (nSPS) is 26.9. The van der Waals surface area contributed by atoms with Crippen molar-refractivity contribution in [3.63, 3.8) is 0 Å². The van der Waals surface area contributed by atoms with E-state index in [1.807, 2.05) is 6.92 Å². The van der Waals surface area contributed by atoms with Crippen LogP contribution in [0.5, 0.6) is 0 Å². The average molecular weight is 330 g/mol. The molecule has 0 aliphatic carbocycles. The summed E-state index contributed by atoms with van der Waals surface area (Å²) in [5.41, 5.74) is 1.17. The summed E-state index contributed by atoms with van der Waals surface area (Å²) in [5.74, 6) is 2.48. The van der Waals surface area contributed by atoms with Gasteiger partial charge in [0, 0.05) is 37.7 Å². The molecule has 5 heteroatoms. The first kappa shape index (κ1) is 16.3. The predicted octanol–water partition coefficient (Wildman–Crippen LogP) is 2.74. The van der Waals surface area contributed by atoms with E-state index in [0.29, 0.717) is 5.92 Å². The van der Waals surface area contributed by atoms with E-state index in [0.717, 1.165) is 50.4 Å². The van der Waals surface area contributed by atoms with Gasteiger partial charge in [0.1, 0.15) is 11.6 Å². The Morgan fingerprint density at radius 3 is 2.50 bits per heavy atom. The van der Waals surface area contributed by atoms with Crippen molar-refractivity contribution >= 4 is 5.82 Å². The van der Waals surface area contributed by atoms with Gasteiger partial charge in [0.05, 0.1) is 12.3 Å². The molecule has 1 aromatic rings. The summed E-state index contributed by atoms with van der Waals surface area (Å²) in [6.45, 7) is 8.56. The van der Waals surface area contributed by atoms with Crippen LogP contribution in [-0.2, 0) is 4.74 Å². The molecule has 0 saturated carbocycles. The molecule has 0 N–H and O–H groups in total. The van der Waals surface area contributed by atoms with Crippen LogP contribution in [0.1, 0.15) is 56.0 Å². The molecule has 0 spiro atoms. The molecular weight excluding hydrogens is 300 g/mol. The topological polar surface area (TPSA) is 41.5 Å². The number of hydrogen-bond acceptors (Lipinski definition) is 5. The van der Waals surface area contributed by atoms with E-state index in [2.05, 4.69) is 20.9 Å². The van der Waals surface area contributed by atoms with Crippen LogP contribution >= 0.6 is 0 Å². The number of likely N-dealkylation sites (tertiary alicyclic amines) is 1. The molecule has 24 heavy (non-hydrogen) atoms. The zero-order chi connectivity index (χ0) is 16.4. The van der Waals surface area contributed by atoms with Gasteiger partial charge in [0.25, 0.3) is 0 Å². The molecule has 3 fully saturated rings. The molecule has 3 aliphatic rings. The van der Waals surface area contributed by atoms with Crippen molar-refractivity contribution in [1.29, 1.82) is 0 Å². The summed E-state index contributed by atoms with van der Waals surface area (Å²) >= 11 is 0. The SMILES string of the molecule is Cc1nc(C2CCOC2)cc(N2CCC(N3CCCCC3)CC2)n1. The molecule has 0 radical (unpaired) electrons. The Bertz CT molecular complexity index is 544. The molecule has 0 aromatic carbocycles. The van der Waals surface area contributed by atoms with Gasteiger partial charge in [-0.3, -0.25) is 0 Å². The monoisotopic (exact) mass is 330 g/mol.